The van der Waals surface area contributed by atoms with Crippen LogP contribution in [0.15, 0.2) is 0 Å². The number of rotatable bonds is 5. The van der Waals surface area contributed by atoms with E-state index in [-0.39, 0.29) is 5.97 Å². The van der Waals surface area contributed by atoms with Gasteiger partial charge in [0.2, 0.25) is 0 Å². The van der Waals surface area contributed by atoms with Crippen molar-refractivity contribution in [2.24, 2.45) is 0 Å². The third-order valence-electron chi connectivity index (χ3n) is 2.50. The Morgan fingerprint density at radius 1 is 1.50 bits per heavy atom. The quantitative estimate of drug-likeness (QED) is 0.504. The molecule has 0 N–H and O–H groups in total. The first-order chi connectivity index (χ1) is 6.83. The van der Waals surface area contributed by atoms with Gasteiger partial charge in [-0.05, 0) is 32.1 Å². The molecule has 0 spiro atoms. The highest BCUT2D eigenvalue weighted by Crippen LogP contribution is 2.16. The molecule has 1 saturated heterocycles. The standard InChI is InChI=1S/C11H20O3/c1-2-11(12)14-9-5-7-10-6-3-4-8-13-10/h10H,2-9H2,1H3. The van der Waals surface area contributed by atoms with Gasteiger partial charge < -0.3 is 9.47 Å². The number of carbonyl (C=O) groups is 1. The fourth-order valence-electron chi connectivity index (χ4n) is 1.63. The van der Waals surface area contributed by atoms with Gasteiger partial charge in [0.25, 0.3) is 0 Å². The lowest BCUT2D eigenvalue weighted by molar-refractivity contribution is -0.143. The number of hydrogen-bond donors (Lipinski definition) is 0. The van der Waals surface area contributed by atoms with Gasteiger partial charge in [0, 0.05) is 13.0 Å². The van der Waals surface area contributed by atoms with E-state index in [1.165, 1.54) is 19.3 Å². The Kier molecular flexibility index (Phi) is 5.60. The molecule has 0 aliphatic carbocycles. The van der Waals surface area contributed by atoms with Gasteiger partial charge in [0.15, 0.2) is 0 Å². The molecule has 0 aromatic heterocycles. The van der Waals surface area contributed by atoms with E-state index in [1.54, 1.807) is 0 Å². The van der Waals surface area contributed by atoms with Crippen LogP contribution < -0.4 is 0 Å². The number of esters is 1. The van der Waals surface area contributed by atoms with E-state index in [9.17, 15) is 4.79 Å². The van der Waals surface area contributed by atoms with E-state index in [2.05, 4.69) is 0 Å². The molecular formula is C11H20O3. The second-order valence-electron chi connectivity index (χ2n) is 3.70. The fraction of sp³-hybridized carbons (Fsp3) is 0.909. The maximum absolute atomic E-state index is 10.8. The van der Waals surface area contributed by atoms with E-state index < -0.39 is 0 Å². The summed E-state index contributed by atoms with van der Waals surface area (Å²) < 4.78 is 10.6. The average Bonchev–Trinajstić information content (AvgIpc) is 2.25. The molecular weight excluding hydrogens is 180 g/mol. The van der Waals surface area contributed by atoms with Crippen molar-refractivity contribution >= 4 is 5.97 Å². The summed E-state index contributed by atoms with van der Waals surface area (Å²) in [5.41, 5.74) is 0. The summed E-state index contributed by atoms with van der Waals surface area (Å²) in [5, 5.41) is 0. The maximum atomic E-state index is 10.8. The highest BCUT2D eigenvalue weighted by atomic mass is 16.5. The Labute approximate surface area is 85.8 Å². The van der Waals surface area contributed by atoms with Crippen molar-refractivity contribution in [2.45, 2.75) is 51.6 Å². The lowest BCUT2D eigenvalue weighted by Crippen LogP contribution is -2.19. The predicted octanol–water partition coefficient (Wildman–Crippen LogP) is 2.29. The zero-order valence-corrected chi connectivity index (χ0v) is 8.96. The first-order valence-corrected chi connectivity index (χ1v) is 5.60. The summed E-state index contributed by atoms with van der Waals surface area (Å²) in [6, 6.07) is 0. The first kappa shape index (κ1) is 11.5. The highest BCUT2D eigenvalue weighted by Gasteiger charge is 2.13. The summed E-state index contributed by atoms with van der Waals surface area (Å²) in [4.78, 5) is 10.8. The molecule has 1 aliphatic rings. The average molecular weight is 200 g/mol. The summed E-state index contributed by atoms with van der Waals surface area (Å²) in [5.74, 6) is -0.102. The summed E-state index contributed by atoms with van der Waals surface area (Å²) in [6.07, 6.45) is 6.47. The largest absolute Gasteiger partial charge is 0.466 e. The zero-order chi connectivity index (χ0) is 10.2. The van der Waals surface area contributed by atoms with Crippen molar-refractivity contribution in [1.82, 2.24) is 0 Å². The lowest BCUT2D eigenvalue weighted by Gasteiger charge is -2.22. The van der Waals surface area contributed by atoms with Crippen LogP contribution in [0.1, 0.15) is 45.4 Å². The van der Waals surface area contributed by atoms with Crippen molar-refractivity contribution in [3.05, 3.63) is 0 Å². The molecule has 1 aliphatic heterocycles. The van der Waals surface area contributed by atoms with Crippen LogP contribution in [-0.4, -0.2) is 25.3 Å². The fourth-order valence-corrected chi connectivity index (χ4v) is 1.63. The van der Waals surface area contributed by atoms with Crippen molar-refractivity contribution < 1.29 is 14.3 Å². The first-order valence-electron chi connectivity index (χ1n) is 5.60. The van der Waals surface area contributed by atoms with Crippen LogP contribution in [0.4, 0.5) is 0 Å². The maximum Gasteiger partial charge on any atom is 0.305 e. The molecule has 1 heterocycles. The summed E-state index contributed by atoms with van der Waals surface area (Å²) in [6.45, 7) is 3.26. The summed E-state index contributed by atoms with van der Waals surface area (Å²) in [7, 11) is 0. The van der Waals surface area contributed by atoms with Gasteiger partial charge >= 0.3 is 5.97 Å². The molecule has 82 valence electrons. The molecule has 0 aromatic carbocycles. The van der Waals surface area contributed by atoms with E-state index >= 15 is 0 Å². The monoisotopic (exact) mass is 200 g/mol. The van der Waals surface area contributed by atoms with Crippen LogP contribution in [0.25, 0.3) is 0 Å². The van der Waals surface area contributed by atoms with Crippen molar-refractivity contribution in [2.75, 3.05) is 13.2 Å². The molecule has 1 unspecified atom stereocenters. The third-order valence-corrected chi connectivity index (χ3v) is 2.50. The van der Waals surface area contributed by atoms with Crippen LogP contribution >= 0.6 is 0 Å². The normalized spacial score (nSPS) is 21.9. The highest BCUT2D eigenvalue weighted by molar-refractivity contribution is 5.68. The van der Waals surface area contributed by atoms with E-state index in [4.69, 9.17) is 9.47 Å². The van der Waals surface area contributed by atoms with Gasteiger partial charge in [-0.15, -0.1) is 0 Å². The summed E-state index contributed by atoms with van der Waals surface area (Å²) >= 11 is 0. The molecule has 0 amide bonds. The molecule has 0 aromatic rings. The smallest absolute Gasteiger partial charge is 0.305 e. The Bertz CT molecular complexity index is 162. The Balaban J connectivity index is 1.94. The van der Waals surface area contributed by atoms with Crippen LogP contribution in [0, 0.1) is 0 Å². The minimum atomic E-state index is -0.102. The zero-order valence-electron chi connectivity index (χ0n) is 8.96. The molecule has 1 fully saturated rings. The SMILES string of the molecule is CCC(=O)OCCCC1CCCCO1. The molecule has 3 heteroatoms. The number of ether oxygens (including phenoxy) is 2. The van der Waals surface area contributed by atoms with Gasteiger partial charge in [-0.25, -0.2) is 0 Å². The minimum Gasteiger partial charge on any atom is -0.466 e. The molecule has 0 bridgehead atoms. The van der Waals surface area contributed by atoms with Crippen LogP contribution in [0.5, 0.6) is 0 Å². The Morgan fingerprint density at radius 2 is 2.36 bits per heavy atom. The van der Waals surface area contributed by atoms with Crippen LogP contribution in [-0.2, 0) is 14.3 Å². The van der Waals surface area contributed by atoms with Crippen LogP contribution in [0.3, 0.4) is 0 Å². The molecule has 3 nitrogen and oxygen atoms in total. The van der Waals surface area contributed by atoms with Gasteiger partial charge in [0.1, 0.15) is 0 Å². The number of carbonyl (C=O) groups excluding carboxylic acids is 1. The van der Waals surface area contributed by atoms with Crippen molar-refractivity contribution in [3.8, 4) is 0 Å². The molecule has 0 saturated carbocycles. The molecule has 1 rings (SSSR count). The van der Waals surface area contributed by atoms with Gasteiger partial charge in [-0.3, -0.25) is 4.79 Å². The van der Waals surface area contributed by atoms with E-state index in [0.717, 1.165) is 19.4 Å². The van der Waals surface area contributed by atoms with E-state index in [0.29, 0.717) is 19.1 Å². The second kappa shape index (κ2) is 6.82. The predicted molar refractivity (Wildman–Crippen MR) is 54.1 cm³/mol. The van der Waals surface area contributed by atoms with E-state index in [1.807, 2.05) is 6.92 Å². The topological polar surface area (TPSA) is 35.5 Å². The Morgan fingerprint density at radius 3 is 3.00 bits per heavy atom. The number of hydrogen-bond acceptors (Lipinski definition) is 3. The molecule has 14 heavy (non-hydrogen) atoms. The minimum absolute atomic E-state index is 0.102. The van der Waals surface area contributed by atoms with Crippen molar-refractivity contribution in [1.29, 1.82) is 0 Å². The Hall–Kier alpha value is -0.570. The second-order valence-corrected chi connectivity index (χ2v) is 3.70. The molecule has 0 radical (unpaired) electrons. The van der Waals surface area contributed by atoms with Crippen molar-refractivity contribution in [3.63, 3.8) is 0 Å². The lowest BCUT2D eigenvalue weighted by atomic mass is 10.1. The molecule has 1 atom stereocenters. The van der Waals surface area contributed by atoms with Gasteiger partial charge in [-0.2, -0.15) is 0 Å². The van der Waals surface area contributed by atoms with Gasteiger partial charge in [0.05, 0.1) is 12.7 Å². The third kappa shape index (κ3) is 4.61. The van der Waals surface area contributed by atoms with Crippen LogP contribution in [0.2, 0.25) is 0 Å². The van der Waals surface area contributed by atoms with Gasteiger partial charge in [-0.1, -0.05) is 6.92 Å².